The first kappa shape index (κ1) is 18.2. The molecule has 144 valence electrons. The smallest absolute Gasteiger partial charge is 0.331 e. The molecule has 0 radical (unpaired) electrons. The van der Waals surface area contributed by atoms with Crippen LogP contribution >= 0.6 is 0 Å². The van der Waals surface area contributed by atoms with E-state index in [-0.39, 0.29) is 11.4 Å². The van der Waals surface area contributed by atoms with Crippen molar-refractivity contribution in [3.63, 3.8) is 0 Å². The highest BCUT2D eigenvalue weighted by molar-refractivity contribution is 6.31. The first-order chi connectivity index (χ1) is 13.5. The molecule has 2 aromatic rings. The van der Waals surface area contributed by atoms with Gasteiger partial charge in [-0.25, -0.2) is 4.79 Å². The van der Waals surface area contributed by atoms with Crippen molar-refractivity contribution in [2.75, 3.05) is 0 Å². The number of fused-ring (bicyclic) bond motifs is 1. The van der Waals surface area contributed by atoms with E-state index in [4.69, 9.17) is 0 Å². The van der Waals surface area contributed by atoms with E-state index in [0.717, 1.165) is 41.8 Å². The predicted octanol–water partition coefficient (Wildman–Crippen LogP) is 3.78. The molecule has 6 nitrogen and oxygen atoms in total. The van der Waals surface area contributed by atoms with E-state index in [1.54, 1.807) is 6.08 Å². The van der Waals surface area contributed by atoms with Crippen molar-refractivity contribution in [2.24, 2.45) is 4.99 Å². The molecule has 0 unspecified atom stereocenters. The highest BCUT2D eigenvalue weighted by Crippen LogP contribution is 2.36. The number of aromatic nitrogens is 2. The number of aromatic hydroxyl groups is 1. The van der Waals surface area contributed by atoms with Crippen molar-refractivity contribution >= 4 is 23.0 Å². The van der Waals surface area contributed by atoms with Crippen molar-refractivity contribution in [3.8, 4) is 5.88 Å². The molecule has 28 heavy (non-hydrogen) atoms. The van der Waals surface area contributed by atoms with Crippen LogP contribution in [0.15, 0.2) is 50.5 Å². The highest BCUT2D eigenvalue weighted by atomic mass is 16.3. The van der Waals surface area contributed by atoms with Gasteiger partial charge in [-0.15, -0.1) is 0 Å². The van der Waals surface area contributed by atoms with Gasteiger partial charge >= 0.3 is 5.69 Å². The van der Waals surface area contributed by atoms with Gasteiger partial charge in [-0.05, 0) is 51.2 Å². The Bertz CT molecular complexity index is 1130. The minimum absolute atomic E-state index is 0.0819. The first-order valence-electron chi connectivity index (χ1n) is 9.65. The average molecular weight is 377 g/mol. The van der Waals surface area contributed by atoms with Crippen molar-refractivity contribution in [3.05, 3.63) is 67.9 Å². The van der Waals surface area contributed by atoms with Crippen LogP contribution in [0.3, 0.4) is 0 Å². The number of aliphatic imine (C=N–C) groups is 1. The lowest BCUT2D eigenvalue weighted by molar-refractivity contribution is 0.397. The van der Waals surface area contributed by atoms with Crippen LogP contribution in [-0.2, 0) is 6.54 Å². The van der Waals surface area contributed by atoms with Crippen LogP contribution in [0.2, 0.25) is 0 Å². The number of benzene rings is 1. The maximum Gasteiger partial charge on any atom is 0.331 e. The van der Waals surface area contributed by atoms with Crippen LogP contribution in [0, 0.1) is 0 Å². The number of para-hydroxylation sites is 1. The second-order valence-electron chi connectivity index (χ2n) is 7.28. The van der Waals surface area contributed by atoms with Gasteiger partial charge in [0, 0.05) is 23.4 Å². The second-order valence-corrected chi connectivity index (χ2v) is 7.28. The molecule has 0 spiro atoms. The largest absolute Gasteiger partial charge is 0.494 e. The maximum absolute atomic E-state index is 12.4. The van der Waals surface area contributed by atoms with E-state index in [9.17, 15) is 14.7 Å². The molecule has 2 aliphatic rings. The summed E-state index contributed by atoms with van der Waals surface area (Å²) in [6, 6.07) is 7.65. The fraction of sp³-hybridized carbons (Fsp3) is 0.318. The summed E-state index contributed by atoms with van der Waals surface area (Å²) in [5, 5.41) is 10.7. The number of nitrogens with one attached hydrogen (secondary N) is 1. The van der Waals surface area contributed by atoms with Crippen molar-refractivity contribution in [1.82, 2.24) is 9.55 Å². The van der Waals surface area contributed by atoms with E-state index >= 15 is 0 Å². The summed E-state index contributed by atoms with van der Waals surface area (Å²) in [7, 11) is 0. The quantitative estimate of drug-likeness (QED) is 0.795. The number of hydrogen-bond donors (Lipinski definition) is 2. The van der Waals surface area contributed by atoms with E-state index in [1.807, 2.05) is 31.2 Å². The standard InChI is InChI=1S/C22H23N3O3/c1-14-17(16-9-5-6-10-19(16)23-14)13-18-20(26)24-22(28)25(21(18)27)12-11-15-7-3-2-4-8-15/h5-7,9-10,13,27H,2-4,8,11-12H2,1H3,(H,24,26,28). The third-order valence-electron chi connectivity index (χ3n) is 5.41. The lowest BCUT2D eigenvalue weighted by Gasteiger charge is -2.14. The molecule has 1 aliphatic carbocycles. The monoisotopic (exact) mass is 377 g/mol. The Labute approximate surface area is 162 Å². The molecule has 6 heteroatoms. The Morgan fingerprint density at radius 2 is 2.07 bits per heavy atom. The number of hydrogen-bond acceptors (Lipinski definition) is 4. The maximum atomic E-state index is 12.4. The Balaban J connectivity index is 1.72. The minimum atomic E-state index is -0.597. The second kappa shape index (κ2) is 7.46. The third kappa shape index (κ3) is 3.38. The van der Waals surface area contributed by atoms with Gasteiger partial charge in [0.15, 0.2) is 0 Å². The Hall–Kier alpha value is -3.15. The fourth-order valence-electron chi connectivity index (χ4n) is 3.86. The van der Waals surface area contributed by atoms with Crippen LogP contribution in [0.1, 0.15) is 50.2 Å². The van der Waals surface area contributed by atoms with E-state index in [1.165, 1.54) is 16.6 Å². The lowest BCUT2D eigenvalue weighted by atomic mass is 9.97. The molecule has 2 N–H and O–H groups in total. The molecule has 1 aliphatic heterocycles. The zero-order valence-electron chi connectivity index (χ0n) is 15.9. The van der Waals surface area contributed by atoms with Gasteiger partial charge in [-0.1, -0.05) is 29.8 Å². The summed E-state index contributed by atoms with van der Waals surface area (Å²) >= 11 is 0. The molecule has 0 fully saturated rings. The Kier molecular flexibility index (Phi) is 4.86. The zero-order chi connectivity index (χ0) is 19.7. The lowest BCUT2D eigenvalue weighted by Crippen LogP contribution is -2.31. The summed E-state index contributed by atoms with van der Waals surface area (Å²) in [6.45, 7) is 2.20. The molecular weight excluding hydrogens is 354 g/mol. The first-order valence-corrected chi connectivity index (χ1v) is 9.65. The van der Waals surface area contributed by atoms with Crippen molar-refractivity contribution < 1.29 is 5.11 Å². The van der Waals surface area contributed by atoms with Gasteiger partial charge < -0.3 is 5.11 Å². The van der Waals surface area contributed by atoms with Gasteiger partial charge in [0.25, 0.3) is 5.56 Å². The highest BCUT2D eigenvalue weighted by Gasteiger charge is 2.20. The van der Waals surface area contributed by atoms with Crippen molar-refractivity contribution in [1.29, 1.82) is 0 Å². The summed E-state index contributed by atoms with van der Waals surface area (Å²) in [5.74, 6) is -0.296. The van der Waals surface area contributed by atoms with Gasteiger partial charge in [-0.2, -0.15) is 0 Å². The topological polar surface area (TPSA) is 87.4 Å². The molecule has 1 aromatic carbocycles. The number of aromatic amines is 1. The van der Waals surface area contributed by atoms with Crippen LogP contribution in [-0.4, -0.2) is 20.4 Å². The normalized spacial score (nSPS) is 17.4. The van der Waals surface area contributed by atoms with Crippen molar-refractivity contribution in [2.45, 2.75) is 45.6 Å². The summed E-state index contributed by atoms with van der Waals surface area (Å²) < 4.78 is 1.25. The molecule has 0 saturated heterocycles. The minimum Gasteiger partial charge on any atom is -0.494 e. The predicted molar refractivity (Wildman–Crippen MR) is 111 cm³/mol. The van der Waals surface area contributed by atoms with Crippen LogP contribution < -0.4 is 11.2 Å². The number of nitrogens with zero attached hydrogens (tertiary/aromatic N) is 2. The van der Waals surface area contributed by atoms with Gasteiger partial charge in [0.1, 0.15) is 5.56 Å². The Morgan fingerprint density at radius 1 is 1.25 bits per heavy atom. The zero-order valence-corrected chi connectivity index (χ0v) is 15.9. The number of allylic oxidation sites excluding steroid dienone is 3. The molecular formula is C22H23N3O3. The molecule has 4 rings (SSSR count). The summed E-state index contributed by atoms with van der Waals surface area (Å²) in [4.78, 5) is 31.5. The number of H-pyrrole nitrogens is 1. The summed E-state index contributed by atoms with van der Waals surface area (Å²) in [5.41, 5.74) is 3.48. The molecule has 0 bridgehead atoms. The third-order valence-corrected chi connectivity index (χ3v) is 5.41. The Morgan fingerprint density at radius 3 is 2.86 bits per heavy atom. The van der Waals surface area contributed by atoms with Gasteiger partial charge in [0.05, 0.1) is 5.69 Å². The van der Waals surface area contributed by atoms with Gasteiger partial charge in [-0.3, -0.25) is 19.3 Å². The molecule has 0 atom stereocenters. The van der Waals surface area contributed by atoms with Crippen LogP contribution in [0.5, 0.6) is 5.88 Å². The average Bonchev–Trinajstić information content (AvgIpc) is 3.00. The molecule has 2 heterocycles. The van der Waals surface area contributed by atoms with Crippen LogP contribution in [0.25, 0.3) is 11.6 Å². The molecule has 0 amide bonds. The summed E-state index contributed by atoms with van der Waals surface area (Å²) in [6.07, 6.45) is 8.99. The number of rotatable bonds is 4. The molecule has 0 saturated carbocycles. The van der Waals surface area contributed by atoms with E-state index in [0.29, 0.717) is 13.0 Å². The van der Waals surface area contributed by atoms with Gasteiger partial charge in [0.2, 0.25) is 5.88 Å². The van der Waals surface area contributed by atoms with E-state index in [2.05, 4.69) is 16.1 Å². The van der Waals surface area contributed by atoms with Crippen LogP contribution in [0.4, 0.5) is 5.69 Å². The SMILES string of the molecule is CC1=Nc2ccccc2C1=Cc1c(O)n(CCC2=CCCCC2)c(=O)[nH]c1=O. The fourth-order valence-corrected chi connectivity index (χ4v) is 3.86. The molecule has 1 aromatic heterocycles. The van der Waals surface area contributed by atoms with E-state index < -0.39 is 11.2 Å².